The van der Waals surface area contributed by atoms with Gasteiger partial charge in [0.25, 0.3) is 0 Å². The zero-order valence-corrected chi connectivity index (χ0v) is 12.1. The number of hydrogen-bond donors (Lipinski definition) is 1. The molecule has 0 aliphatic carbocycles. The largest absolute Gasteiger partial charge is 0.377 e. The molecule has 1 aromatic heterocycles. The number of hydrogen-bond acceptors (Lipinski definition) is 3. The molecule has 0 aliphatic heterocycles. The lowest BCUT2D eigenvalue weighted by Crippen LogP contribution is -2.43. The Hall–Kier alpha value is -0.870. The second-order valence-electron chi connectivity index (χ2n) is 4.63. The highest BCUT2D eigenvalue weighted by atomic mass is 16.5. The first-order valence-corrected chi connectivity index (χ1v) is 7.04. The molecule has 104 valence electrons. The van der Waals surface area contributed by atoms with Crippen molar-refractivity contribution in [1.82, 2.24) is 15.1 Å². The number of aryl methyl sites for hydroxylation is 1. The fourth-order valence-corrected chi connectivity index (χ4v) is 2.29. The Morgan fingerprint density at radius 3 is 2.67 bits per heavy atom. The van der Waals surface area contributed by atoms with Crippen molar-refractivity contribution in [2.75, 3.05) is 13.2 Å². The molecule has 1 heterocycles. The van der Waals surface area contributed by atoms with Gasteiger partial charge in [-0.3, -0.25) is 4.68 Å². The number of nitrogens with one attached hydrogen (secondary N) is 1. The van der Waals surface area contributed by atoms with Gasteiger partial charge in [0.15, 0.2) is 0 Å². The molecule has 0 radical (unpaired) electrons. The predicted octanol–water partition coefficient (Wildman–Crippen LogP) is 2.15. The Morgan fingerprint density at radius 2 is 2.17 bits per heavy atom. The summed E-state index contributed by atoms with van der Waals surface area (Å²) in [4.78, 5) is 0. The van der Waals surface area contributed by atoms with Crippen LogP contribution in [-0.2, 0) is 18.2 Å². The molecule has 1 aromatic rings. The molecule has 0 saturated carbocycles. The monoisotopic (exact) mass is 253 g/mol. The van der Waals surface area contributed by atoms with Gasteiger partial charge >= 0.3 is 0 Å². The van der Waals surface area contributed by atoms with Gasteiger partial charge in [-0.2, -0.15) is 5.10 Å². The van der Waals surface area contributed by atoms with Crippen LogP contribution in [0.5, 0.6) is 0 Å². The smallest absolute Gasteiger partial charge is 0.0731 e. The molecule has 1 rings (SSSR count). The second kappa shape index (κ2) is 8.27. The zero-order chi connectivity index (χ0) is 13.4. The van der Waals surface area contributed by atoms with Crippen LogP contribution in [0.25, 0.3) is 0 Å². The van der Waals surface area contributed by atoms with Gasteiger partial charge in [0, 0.05) is 32.3 Å². The van der Waals surface area contributed by atoms with E-state index in [9.17, 15) is 0 Å². The number of ether oxygens (including phenoxy) is 1. The maximum Gasteiger partial charge on any atom is 0.0731 e. The summed E-state index contributed by atoms with van der Waals surface area (Å²) in [5.74, 6) is 0. The summed E-state index contributed by atoms with van der Waals surface area (Å²) in [7, 11) is 1.96. The third-order valence-electron chi connectivity index (χ3n) is 3.07. The highest BCUT2D eigenvalue weighted by Gasteiger charge is 2.21. The highest BCUT2D eigenvalue weighted by Crippen LogP contribution is 2.12. The van der Waals surface area contributed by atoms with E-state index in [1.807, 2.05) is 17.9 Å². The van der Waals surface area contributed by atoms with Crippen molar-refractivity contribution in [3.05, 3.63) is 18.0 Å². The van der Waals surface area contributed by atoms with Crippen LogP contribution < -0.4 is 5.32 Å². The van der Waals surface area contributed by atoms with Gasteiger partial charge in [0.2, 0.25) is 0 Å². The molecule has 2 atom stereocenters. The standard InChI is InChI=1S/C14H27N3O/c1-5-8-14(18-7-3)13(15-6-2)11-12-9-10-17(4)16-12/h9-10,13-15H,5-8,11H2,1-4H3. The number of aromatic nitrogens is 2. The lowest BCUT2D eigenvalue weighted by molar-refractivity contribution is 0.0283. The molecule has 2 unspecified atom stereocenters. The maximum absolute atomic E-state index is 5.88. The first-order chi connectivity index (χ1) is 8.71. The van der Waals surface area contributed by atoms with Crippen LogP contribution >= 0.6 is 0 Å². The quantitative estimate of drug-likeness (QED) is 0.733. The van der Waals surface area contributed by atoms with Crippen LogP contribution in [-0.4, -0.2) is 35.1 Å². The van der Waals surface area contributed by atoms with E-state index in [4.69, 9.17) is 4.74 Å². The van der Waals surface area contributed by atoms with Crippen molar-refractivity contribution in [1.29, 1.82) is 0 Å². The molecule has 18 heavy (non-hydrogen) atoms. The average molecular weight is 253 g/mol. The SMILES string of the molecule is CCCC(OCC)C(Cc1ccn(C)n1)NCC. The van der Waals surface area contributed by atoms with Crippen molar-refractivity contribution in [2.24, 2.45) is 7.05 Å². The van der Waals surface area contributed by atoms with Gasteiger partial charge in [0.1, 0.15) is 0 Å². The Labute approximate surface area is 111 Å². The van der Waals surface area contributed by atoms with E-state index in [1.54, 1.807) is 0 Å². The van der Waals surface area contributed by atoms with Crippen molar-refractivity contribution in [3.63, 3.8) is 0 Å². The van der Waals surface area contributed by atoms with E-state index in [0.29, 0.717) is 6.04 Å². The molecule has 0 spiro atoms. The van der Waals surface area contributed by atoms with Crippen molar-refractivity contribution in [2.45, 2.75) is 52.2 Å². The summed E-state index contributed by atoms with van der Waals surface area (Å²) in [6.45, 7) is 8.14. The summed E-state index contributed by atoms with van der Waals surface area (Å²) in [5.41, 5.74) is 1.13. The van der Waals surface area contributed by atoms with Gasteiger partial charge < -0.3 is 10.1 Å². The molecule has 1 N–H and O–H groups in total. The van der Waals surface area contributed by atoms with Crippen molar-refractivity contribution >= 4 is 0 Å². The fraction of sp³-hybridized carbons (Fsp3) is 0.786. The minimum absolute atomic E-state index is 0.280. The van der Waals surface area contributed by atoms with Crippen LogP contribution in [0.1, 0.15) is 39.3 Å². The van der Waals surface area contributed by atoms with E-state index in [0.717, 1.165) is 38.1 Å². The second-order valence-corrected chi connectivity index (χ2v) is 4.63. The fourth-order valence-electron chi connectivity index (χ4n) is 2.29. The van der Waals surface area contributed by atoms with Gasteiger partial charge in [-0.25, -0.2) is 0 Å². The number of rotatable bonds is 9. The third-order valence-corrected chi connectivity index (χ3v) is 3.07. The Bertz CT molecular complexity index is 319. The molecular formula is C14H27N3O. The molecule has 0 saturated heterocycles. The van der Waals surface area contributed by atoms with Crippen LogP contribution in [0.3, 0.4) is 0 Å². The van der Waals surface area contributed by atoms with E-state index in [1.165, 1.54) is 0 Å². The van der Waals surface area contributed by atoms with Crippen molar-refractivity contribution in [3.8, 4) is 0 Å². The Kier molecular flexibility index (Phi) is 6.98. The van der Waals surface area contributed by atoms with E-state index >= 15 is 0 Å². The Morgan fingerprint density at radius 1 is 1.39 bits per heavy atom. The van der Waals surface area contributed by atoms with Gasteiger partial charge in [-0.1, -0.05) is 20.3 Å². The molecule has 4 nitrogen and oxygen atoms in total. The van der Waals surface area contributed by atoms with Gasteiger partial charge in [-0.05, 0) is 26.0 Å². The lowest BCUT2D eigenvalue weighted by Gasteiger charge is -2.27. The number of nitrogens with zero attached hydrogens (tertiary/aromatic N) is 2. The summed E-state index contributed by atoms with van der Waals surface area (Å²) in [5, 5.41) is 7.99. The topological polar surface area (TPSA) is 39.1 Å². The van der Waals surface area contributed by atoms with Gasteiger partial charge in [0.05, 0.1) is 11.8 Å². The third kappa shape index (κ3) is 4.78. The molecule has 0 aromatic carbocycles. The zero-order valence-electron chi connectivity index (χ0n) is 12.1. The minimum Gasteiger partial charge on any atom is -0.377 e. The van der Waals surface area contributed by atoms with Crippen LogP contribution in [0.15, 0.2) is 12.3 Å². The first kappa shape index (κ1) is 15.2. The first-order valence-electron chi connectivity index (χ1n) is 7.04. The summed E-state index contributed by atoms with van der Waals surface area (Å²) < 4.78 is 7.73. The molecule has 0 bridgehead atoms. The Balaban J connectivity index is 2.66. The summed E-state index contributed by atoms with van der Waals surface area (Å²) in [6, 6.07) is 2.43. The lowest BCUT2D eigenvalue weighted by atomic mass is 10.0. The molecule has 0 aliphatic rings. The van der Waals surface area contributed by atoms with Crippen LogP contribution in [0.2, 0.25) is 0 Å². The summed E-state index contributed by atoms with van der Waals surface area (Å²) in [6.07, 6.45) is 5.45. The highest BCUT2D eigenvalue weighted by molar-refractivity contribution is 5.02. The normalized spacial score (nSPS) is 14.7. The molecule has 4 heteroatoms. The number of likely N-dealkylation sites (N-methyl/N-ethyl adjacent to an activating group) is 1. The van der Waals surface area contributed by atoms with Crippen LogP contribution in [0.4, 0.5) is 0 Å². The molecule has 0 amide bonds. The van der Waals surface area contributed by atoms with E-state index in [-0.39, 0.29) is 6.10 Å². The summed E-state index contributed by atoms with van der Waals surface area (Å²) >= 11 is 0. The van der Waals surface area contributed by atoms with Gasteiger partial charge in [-0.15, -0.1) is 0 Å². The minimum atomic E-state index is 0.280. The maximum atomic E-state index is 5.88. The van der Waals surface area contributed by atoms with E-state index < -0.39 is 0 Å². The van der Waals surface area contributed by atoms with Crippen LogP contribution in [0, 0.1) is 0 Å². The van der Waals surface area contributed by atoms with Crippen molar-refractivity contribution < 1.29 is 4.74 Å². The molecule has 0 fully saturated rings. The average Bonchev–Trinajstić information content (AvgIpc) is 2.74. The molecular weight excluding hydrogens is 226 g/mol. The predicted molar refractivity (Wildman–Crippen MR) is 74.7 cm³/mol. The van der Waals surface area contributed by atoms with E-state index in [2.05, 4.69) is 37.3 Å².